The third-order valence-corrected chi connectivity index (χ3v) is 2.93. The molecular weight excluding hydrogens is 277 g/mol. The fraction of sp³-hybridized carbons (Fsp3) is 0.0714. The molecule has 6 heteroatoms. The summed E-state index contributed by atoms with van der Waals surface area (Å²) < 4.78 is 13.0. The van der Waals surface area contributed by atoms with Crippen LogP contribution in [0.1, 0.15) is 5.56 Å². The molecule has 0 spiro atoms. The van der Waals surface area contributed by atoms with Gasteiger partial charge in [0, 0.05) is 29.7 Å². The van der Waals surface area contributed by atoms with Crippen molar-refractivity contribution in [3.63, 3.8) is 0 Å². The normalized spacial score (nSPS) is 10.7. The van der Waals surface area contributed by atoms with Crippen LogP contribution in [-0.4, -0.2) is 22.1 Å². The van der Waals surface area contributed by atoms with Crippen LogP contribution in [0.25, 0.3) is 6.08 Å². The van der Waals surface area contributed by atoms with Gasteiger partial charge in [-0.05, 0) is 30.5 Å². The van der Waals surface area contributed by atoms with E-state index in [9.17, 15) is 9.18 Å². The van der Waals surface area contributed by atoms with Crippen LogP contribution in [0.3, 0.4) is 0 Å². The van der Waals surface area contributed by atoms with E-state index in [1.807, 2.05) is 6.26 Å². The Bertz CT molecular complexity index is 629. The molecule has 1 N–H and O–H groups in total. The third-order valence-electron chi connectivity index (χ3n) is 2.35. The zero-order chi connectivity index (χ0) is 14.4. The van der Waals surface area contributed by atoms with Crippen molar-refractivity contribution >= 4 is 29.4 Å². The molecule has 0 saturated carbocycles. The quantitative estimate of drug-likeness (QED) is 0.534. The number of rotatable bonds is 4. The number of nitrogens with zero attached hydrogens (tertiary/aromatic N) is 2. The van der Waals surface area contributed by atoms with Crippen LogP contribution in [0.4, 0.5) is 10.1 Å². The molecule has 1 aromatic carbocycles. The van der Waals surface area contributed by atoms with Gasteiger partial charge in [0.1, 0.15) is 5.82 Å². The molecule has 4 nitrogen and oxygen atoms in total. The van der Waals surface area contributed by atoms with Crippen LogP contribution in [0.5, 0.6) is 0 Å². The van der Waals surface area contributed by atoms with Crippen molar-refractivity contribution in [2.75, 3.05) is 11.6 Å². The Morgan fingerprint density at radius 3 is 2.75 bits per heavy atom. The van der Waals surface area contributed by atoms with E-state index in [0.29, 0.717) is 10.8 Å². The molecule has 2 aromatic rings. The van der Waals surface area contributed by atoms with E-state index in [1.54, 1.807) is 24.5 Å². The van der Waals surface area contributed by atoms with E-state index >= 15 is 0 Å². The molecule has 0 aliphatic carbocycles. The Hall–Kier alpha value is -2.21. The van der Waals surface area contributed by atoms with Gasteiger partial charge < -0.3 is 5.32 Å². The largest absolute Gasteiger partial charge is 0.322 e. The molecule has 1 aromatic heterocycles. The number of aromatic nitrogens is 2. The number of amides is 1. The van der Waals surface area contributed by atoms with E-state index < -0.39 is 5.82 Å². The summed E-state index contributed by atoms with van der Waals surface area (Å²) in [6, 6.07) is 5.72. The fourth-order valence-electron chi connectivity index (χ4n) is 1.44. The first kappa shape index (κ1) is 14.2. The van der Waals surface area contributed by atoms with Gasteiger partial charge in [0.25, 0.3) is 0 Å². The lowest BCUT2D eigenvalue weighted by atomic mass is 10.3. The molecule has 0 atom stereocenters. The number of carbonyl (C=O) groups is 1. The lowest BCUT2D eigenvalue weighted by Gasteiger charge is -2.01. The topological polar surface area (TPSA) is 54.9 Å². The van der Waals surface area contributed by atoms with Gasteiger partial charge in [0.15, 0.2) is 5.16 Å². The SMILES string of the molecule is CSc1ncc(/C=C/C(=O)Nc2cccc(F)c2)cn1. The third kappa shape index (κ3) is 4.17. The fourth-order valence-corrected chi connectivity index (χ4v) is 1.76. The Balaban J connectivity index is 1.98. The summed E-state index contributed by atoms with van der Waals surface area (Å²) in [7, 11) is 0. The van der Waals surface area contributed by atoms with Gasteiger partial charge in [0.2, 0.25) is 5.91 Å². The second-order valence-electron chi connectivity index (χ2n) is 3.84. The highest BCUT2D eigenvalue weighted by atomic mass is 32.2. The number of nitrogens with one attached hydrogen (secondary N) is 1. The number of carbonyl (C=O) groups excluding carboxylic acids is 1. The first-order valence-corrected chi connectivity index (χ1v) is 7.00. The molecule has 0 radical (unpaired) electrons. The number of anilines is 1. The first-order chi connectivity index (χ1) is 9.67. The highest BCUT2D eigenvalue weighted by molar-refractivity contribution is 7.98. The minimum atomic E-state index is -0.396. The Kier molecular flexibility index (Phi) is 4.84. The predicted octanol–water partition coefficient (Wildman–Crippen LogP) is 2.99. The summed E-state index contributed by atoms with van der Waals surface area (Å²) in [6.07, 6.45) is 8.09. The highest BCUT2D eigenvalue weighted by Gasteiger charge is 1.99. The molecule has 0 aliphatic heterocycles. The molecule has 2 rings (SSSR count). The zero-order valence-electron chi connectivity index (χ0n) is 10.7. The van der Waals surface area contributed by atoms with Crippen molar-refractivity contribution in [3.8, 4) is 0 Å². The van der Waals surface area contributed by atoms with Crippen molar-refractivity contribution in [1.82, 2.24) is 9.97 Å². The average Bonchev–Trinajstić information content (AvgIpc) is 2.46. The van der Waals surface area contributed by atoms with E-state index in [1.165, 1.54) is 36.0 Å². The highest BCUT2D eigenvalue weighted by Crippen LogP contribution is 2.10. The maximum Gasteiger partial charge on any atom is 0.248 e. The molecule has 1 heterocycles. The maximum atomic E-state index is 13.0. The summed E-state index contributed by atoms with van der Waals surface area (Å²) >= 11 is 1.44. The number of thioether (sulfide) groups is 1. The Labute approximate surface area is 120 Å². The minimum absolute atomic E-state index is 0.343. The second kappa shape index (κ2) is 6.81. The minimum Gasteiger partial charge on any atom is -0.322 e. The standard InChI is InChI=1S/C14H12FN3OS/c1-20-14-16-8-10(9-17-14)5-6-13(19)18-12-4-2-3-11(15)7-12/h2-9H,1H3,(H,18,19)/b6-5+. The van der Waals surface area contributed by atoms with Crippen molar-refractivity contribution < 1.29 is 9.18 Å². The van der Waals surface area contributed by atoms with Gasteiger partial charge in [-0.3, -0.25) is 4.79 Å². The summed E-state index contributed by atoms with van der Waals surface area (Å²) in [5.41, 5.74) is 1.13. The molecule has 0 saturated heterocycles. The van der Waals surface area contributed by atoms with Crippen molar-refractivity contribution in [3.05, 3.63) is 54.1 Å². The van der Waals surface area contributed by atoms with Crippen LogP contribution >= 0.6 is 11.8 Å². The van der Waals surface area contributed by atoms with Gasteiger partial charge in [-0.15, -0.1) is 0 Å². The summed E-state index contributed by atoms with van der Waals surface area (Å²) in [4.78, 5) is 19.8. The monoisotopic (exact) mass is 289 g/mol. The second-order valence-corrected chi connectivity index (χ2v) is 4.61. The molecule has 20 heavy (non-hydrogen) atoms. The Morgan fingerprint density at radius 2 is 2.10 bits per heavy atom. The predicted molar refractivity (Wildman–Crippen MR) is 77.9 cm³/mol. The van der Waals surface area contributed by atoms with E-state index in [-0.39, 0.29) is 5.91 Å². The van der Waals surface area contributed by atoms with Crippen molar-refractivity contribution in [2.45, 2.75) is 5.16 Å². The van der Waals surface area contributed by atoms with Crippen LogP contribution in [0.2, 0.25) is 0 Å². The lowest BCUT2D eigenvalue weighted by molar-refractivity contribution is -0.111. The van der Waals surface area contributed by atoms with Gasteiger partial charge in [-0.1, -0.05) is 17.8 Å². The number of benzene rings is 1. The van der Waals surface area contributed by atoms with Crippen molar-refractivity contribution in [1.29, 1.82) is 0 Å². The van der Waals surface area contributed by atoms with Crippen molar-refractivity contribution in [2.24, 2.45) is 0 Å². The van der Waals surface area contributed by atoms with Gasteiger partial charge in [-0.25, -0.2) is 14.4 Å². The number of hydrogen-bond donors (Lipinski definition) is 1. The zero-order valence-corrected chi connectivity index (χ0v) is 11.5. The molecule has 0 bridgehead atoms. The molecular formula is C14H12FN3OS. The van der Waals surface area contributed by atoms with E-state index in [0.717, 1.165) is 5.56 Å². The van der Waals surface area contributed by atoms with Crippen LogP contribution < -0.4 is 5.32 Å². The molecule has 0 fully saturated rings. The van der Waals surface area contributed by atoms with Gasteiger partial charge in [0.05, 0.1) is 0 Å². The van der Waals surface area contributed by atoms with E-state index in [4.69, 9.17) is 0 Å². The Morgan fingerprint density at radius 1 is 1.35 bits per heavy atom. The number of halogens is 1. The average molecular weight is 289 g/mol. The van der Waals surface area contributed by atoms with E-state index in [2.05, 4.69) is 15.3 Å². The van der Waals surface area contributed by atoms with Gasteiger partial charge in [-0.2, -0.15) is 0 Å². The maximum absolute atomic E-state index is 13.0. The molecule has 102 valence electrons. The molecule has 0 unspecified atom stereocenters. The summed E-state index contributed by atoms with van der Waals surface area (Å²) in [5, 5.41) is 3.24. The van der Waals surface area contributed by atoms with Crippen LogP contribution in [-0.2, 0) is 4.79 Å². The van der Waals surface area contributed by atoms with Crippen LogP contribution in [0, 0.1) is 5.82 Å². The first-order valence-electron chi connectivity index (χ1n) is 5.78. The molecule has 1 amide bonds. The molecule has 0 aliphatic rings. The smallest absolute Gasteiger partial charge is 0.248 e. The van der Waals surface area contributed by atoms with Crippen LogP contribution in [0.15, 0.2) is 47.9 Å². The summed E-state index contributed by atoms with van der Waals surface area (Å²) in [5.74, 6) is -0.739. The summed E-state index contributed by atoms with van der Waals surface area (Å²) in [6.45, 7) is 0. The lowest BCUT2D eigenvalue weighted by Crippen LogP contribution is -2.07. The number of hydrogen-bond acceptors (Lipinski definition) is 4. The van der Waals surface area contributed by atoms with Gasteiger partial charge >= 0.3 is 0 Å².